The number of hydrogen-bond donors (Lipinski definition) is 1. The Bertz CT molecular complexity index is 839. The van der Waals surface area contributed by atoms with Crippen LogP contribution in [0.3, 0.4) is 0 Å². The number of pyridine rings is 1. The Labute approximate surface area is 154 Å². The van der Waals surface area contributed by atoms with Crippen LogP contribution in [0.4, 0.5) is 11.4 Å². The third-order valence-corrected chi connectivity index (χ3v) is 4.06. The Morgan fingerprint density at radius 2 is 2.04 bits per heavy atom. The lowest BCUT2D eigenvalue weighted by Gasteiger charge is -2.19. The average molecular weight is 374 g/mol. The van der Waals surface area contributed by atoms with Gasteiger partial charge in [-0.05, 0) is 30.7 Å². The largest absolute Gasteiger partial charge is 0.452 e. The summed E-state index contributed by atoms with van der Waals surface area (Å²) in [6.07, 6.45) is 2.56. The normalized spacial score (nSPS) is 13.6. The molecule has 2 heterocycles. The lowest BCUT2D eigenvalue weighted by Crippen LogP contribution is -2.27. The molecule has 2 amide bonds. The summed E-state index contributed by atoms with van der Waals surface area (Å²) in [6, 6.07) is 9.94. The number of benzene rings is 1. The SMILES string of the molecule is O=C(COC(=O)c1ccc(Cl)nc1)Nc1ccccc1N1CCCC1=O. The van der Waals surface area contributed by atoms with E-state index < -0.39 is 18.5 Å². The number of rotatable bonds is 5. The molecule has 0 spiro atoms. The maximum absolute atomic E-state index is 12.1. The van der Waals surface area contributed by atoms with Crippen molar-refractivity contribution in [3.63, 3.8) is 0 Å². The fraction of sp³-hybridized carbons (Fsp3) is 0.222. The van der Waals surface area contributed by atoms with E-state index in [0.29, 0.717) is 24.3 Å². The summed E-state index contributed by atoms with van der Waals surface area (Å²) in [7, 11) is 0. The van der Waals surface area contributed by atoms with Crippen molar-refractivity contribution in [1.29, 1.82) is 0 Å². The van der Waals surface area contributed by atoms with Crippen molar-refractivity contribution in [3.05, 3.63) is 53.3 Å². The second-order valence-corrected chi connectivity index (χ2v) is 6.05. The van der Waals surface area contributed by atoms with Gasteiger partial charge in [-0.25, -0.2) is 9.78 Å². The highest BCUT2D eigenvalue weighted by atomic mass is 35.5. The van der Waals surface area contributed by atoms with Crippen LogP contribution in [0.1, 0.15) is 23.2 Å². The van der Waals surface area contributed by atoms with E-state index in [1.807, 2.05) is 0 Å². The van der Waals surface area contributed by atoms with Gasteiger partial charge >= 0.3 is 5.97 Å². The molecule has 0 aliphatic carbocycles. The van der Waals surface area contributed by atoms with Gasteiger partial charge in [-0.2, -0.15) is 0 Å². The first-order valence-electron chi connectivity index (χ1n) is 8.02. The zero-order valence-corrected chi connectivity index (χ0v) is 14.5. The first-order valence-corrected chi connectivity index (χ1v) is 8.40. The van der Waals surface area contributed by atoms with Crippen LogP contribution in [0.5, 0.6) is 0 Å². The Hall–Kier alpha value is -2.93. The van der Waals surface area contributed by atoms with E-state index in [2.05, 4.69) is 10.3 Å². The highest BCUT2D eigenvalue weighted by Gasteiger charge is 2.24. The number of anilines is 2. The van der Waals surface area contributed by atoms with Crippen LogP contribution in [0.25, 0.3) is 0 Å². The Morgan fingerprint density at radius 3 is 2.73 bits per heavy atom. The first-order chi connectivity index (χ1) is 12.5. The first kappa shape index (κ1) is 17.9. The van der Waals surface area contributed by atoms with E-state index in [0.717, 1.165) is 6.42 Å². The number of halogens is 1. The molecule has 1 aliphatic heterocycles. The molecule has 1 N–H and O–H groups in total. The van der Waals surface area contributed by atoms with E-state index in [9.17, 15) is 14.4 Å². The predicted molar refractivity (Wildman–Crippen MR) is 96.2 cm³/mol. The van der Waals surface area contributed by atoms with Crippen LogP contribution in [-0.4, -0.2) is 35.9 Å². The van der Waals surface area contributed by atoms with E-state index in [4.69, 9.17) is 16.3 Å². The van der Waals surface area contributed by atoms with Crippen LogP contribution in [-0.2, 0) is 14.3 Å². The van der Waals surface area contributed by atoms with Gasteiger partial charge in [0.1, 0.15) is 5.15 Å². The lowest BCUT2D eigenvalue weighted by molar-refractivity contribution is -0.119. The van der Waals surface area contributed by atoms with E-state index in [-0.39, 0.29) is 16.6 Å². The van der Waals surface area contributed by atoms with Gasteiger partial charge < -0.3 is 15.0 Å². The van der Waals surface area contributed by atoms with Gasteiger partial charge in [0.15, 0.2) is 6.61 Å². The molecule has 3 rings (SSSR count). The minimum atomic E-state index is -0.674. The van der Waals surface area contributed by atoms with Gasteiger partial charge in [0.25, 0.3) is 5.91 Å². The highest BCUT2D eigenvalue weighted by Crippen LogP contribution is 2.29. The van der Waals surface area contributed by atoms with Crippen molar-refractivity contribution in [3.8, 4) is 0 Å². The molecule has 134 valence electrons. The van der Waals surface area contributed by atoms with Crippen molar-refractivity contribution in [1.82, 2.24) is 4.98 Å². The summed E-state index contributed by atoms with van der Waals surface area (Å²) in [4.78, 5) is 41.4. The number of para-hydroxylation sites is 2. The molecule has 0 radical (unpaired) electrons. The molecule has 7 nitrogen and oxygen atoms in total. The third kappa shape index (κ3) is 4.18. The third-order valence-electron chi connectivity index (χ3n) is 3.84. The van der Waals surface area contributed by atoms with Crippen molar-refractivity contribution in [2.45, 2.75) is 12.8 Å². The number of nitrogens with one attached hydrogen (secondary N) is 1. The Morgan fingerprint density at radius 1 is 1.23 bits per heavy atom. The van der Waals surface area contributed by atoms with E-state index >= 15 is 0 Å². The summed E-state index contributed by atoms with van der Waals surface area (Å²) in [5, 5.41) is 2.93. The Kier molecular flexibility index (Phi) is 5.48. The van der Waals surface area contributed by atoms with Crippen LogP contribution < -0.4 is 10.2 Å². The monoisotopic (exact) mass is 373 g/mol. The number of ether oxygens (including phenoxy) is 1. The minimum Gasteiger partial charge on any atom is -0.452 e. The van der Waals surface area contributed by atoms with Crippen molar-refractivity contribution < 1.29 is 19.1 Å². The summed E-state index contributed by atoms with van der Waals surface area (Å²) in [6.45, 7) is 0.161. The molecule has 0 bridgehead atoms. The molecule has 1 aliphatic rings. The highest BCUT2D eigenvalue weighted by molar-refractivity contribution is 6.29. The topological polar surface area (TPSA) is 88.6 Å². The molecular weight excluding hydrogens is 358 g/mol. The van der Waals surface area contributed by atoms with Crippen LogP contribution in [0.2, 0.25) is 5.15 Å². The maximum Gasteiger partial charge on any atom is 0.340 e. The molecule has 1 aromatic carbocycles. The number of amides is 2. The quantitative estimate of drug-likeness (QED) is 0.643. The van der Waals surface area contributed by atoms with Crippen LogP contribution in [0, 0.1) is 0 Å². The Balaban J connectivity index is 1.61. The summed E-state index contributed by atoms with van der Waals surface area (Å²) in [5.74, 6) is -1.15. The summed E-state index contributed by atoms with van der Waals surface area (Å²) < 4.78 is 4.97. The average Bonchev–Trinajstić information content (AvgIpc) is 3.06. The standard InChI is InChI=1S/C18H16ClN3O4/c19-15-8-7-12(10-20-15)18(25)26-11-16(23)21-13-4-1-2-5-14(13)22-9-3-6-17(22)24/h1-2,4-5,7-8,10H,3,6,9,11H2,(H,21,23). The predicted octanol–water partition coefficient (Wildman–Crippen LogP) is 2.66. The second-order valence-electron chi connectivity index (χ2n) is 5.66. The molecule has 0 unspecified atom stereocenters. The van der Waals surface area contributed by atoms with Gasteiger partial charge in [0.2, 0.25) is 5.91 Å². The molecule has 26 heavy (non-hydrogen) atoms. The van der Waals surface area contributed by atoms with Crippen LogP contribution >= 0.6 is 11.6 Å². The lowest BCUT2D eigenvalue weighted by atomic mass is 10.2. The van der Waals surface area contributed by atoms with Gasteiger partial charge in [-0.3, -0.25) is 9.59 Å². The summed E-state index contributed by atoms with van der Waals surface area (Å²) >= 11 is 5.66. The molecule has 0 saturated carbocycles. The zero-order chi connectivity index (χ0) is 18.5. The number of carbonyl (C=O) groups excluding carboxylic acids is 3. The fourth-order valence-corrected chi connectivity index (χ4v) is 2.73. The molecule has 0 atom stereocenters. The van der Waals surface area contributed by atoms with E-state index in [1.165, 1.54) is 18.3 Å². The maximum atomic E-state index is 12.1. The second kappa shape index (κ2) is 7.97. The van der Waals surface area contributed by atoms with Crippen molar-refractivity contribution in [2.75, 3.05) is 23.4 Å². The van der Waals surface area contributed by atoms with Gasteiger partial charge in [-0.15, -0.1) is 0 Å². The van der Waals surface area contributed by atoms with E-state index in [1.54, 1.807) is 29.2 Å². The number of aromatic nitrogens is 1. The molecule has 1 fully saturated rings. The molecule has 2 aromatic rings. The number of esters is 1. The van der Waals surface area contributed by atoms with Gasteiger partial charge in [0.05, 0.1) is 16.9 Å². The minimum absolute atomic E-state index is 0.0216. The zero-order valence-electron chi connectivity index (χ0n) is 13.8. The van der Waals surface area contributed by atoms with Gasteiger partial charge in [-0.1, -0.05) is 23.7 Å². The molecule has 1 saturated heterocycles. The number of nitrogens with zero attached hydrogens (tertiary/aromatic N) is 2. The number of carbonyl (C=O) groups is 3. The molecule has 1 aromatic heterocycles. The van der Waals surface area contributed by atoms with Gasteiger partial charge in [0, 0.05) is 19.2 Å². The smallest absolute Gasteiger partial charge is 0.340 e. The van der Waals surface area contributed by atoms with Crippen molar-refractivity contribution in [2.24, 2.45) is 0 Å². The molecule has 8 heteroatoms. The van der Waals surface area contributed by atoms with Crippen molar-refractivity contribution >= 4 is 40.8 Å². The fourth-order valence-electron chi connectivity index (χ4n) is 2.61. The molecular formula is C18H16ClN3O4. The van der Waals surface area contributed by atoms with Crippen LogP contribution in [0.15, 0.2) is 42.6 Å². The summed E-state index contributed by atoms with van der Waals surface area (Å²) in [5.41, 5.74) is 1.33. The number of hydrogen-bond acceptors (Lipinski definition) is 5.